The van der Waals surface area contributed by atoms with Crippen molar-refractivity contribution in [2.24, 2.45) is 0 Å². The molecule has 0 aliphatic carbocycles. The van der Waals surface area contributed by atoms with Crippen LogP contribution >= 0.6 is 23.5 Å². The van der Waals surface area contributed by atoms with Crippen molar-refractivity contribution in [1.29, 1.82) is 0 Å². The number of phenols is 1. The average molecular weight is 537 g/mol. The molecule has 3 rings (SSSR count). The number of hydroxylamine groups is 2. The summed E-state index contributed by atoms with van der Waals surface area (Å²) in [6.45, 7) is 17.1. The highest BCUT2D eigenvalue weighted by Crippen LogP contribution is 2.41. The number of likely N-dealkylation sites (tertiary alicyclic amines) is 1. The number of aromatic hydroxyl groups is 1. The molecule has 2 aliphatic heterocycles. The maximum absolute atomic E-state index is 12.3. The highest BCUT2D eigenvalue weighted by molar-refractivity contribution is 8.02. The first-order chi connectivity index (χ1) is 16.9. The summed E-state index contributed by atoms with van der Waals surface area (Å²) >= 11 is 3.64. The van der Waals surface area contributed by atoms with Crippen LogP contribution in [0.1, 0.15) is 91.2 Å². The second kappa shape index (κ2) is 13.3. The number of piperidine rings is 2. The number of benzene rings is 1. The fourth-order valence-electron chi connectivity index (χ4n) is 5.08. The van der Waals surface area contributed by atoms with E-state index in [0.717, 1.165) is 54.3 Å². The Kier molecular flexibility index (Phi) is 10.9. The lowest BCUT2D eigenvalue weighted by atomic mass is 9.79. The Balaban J connectivity index is 1.35. The van der Waals surface area contributed by atoms with Gasteiger partial charge in [0.2, 0.25) is 0 Å². The maximum atomic E-state index is 12.3. The lowest BCUT2D eigenvalue weighted by Gasteiger charge is -2.39. The fourth-order valence-corrected chi connectivity index (χ4v) is 7.04. The van der Waals surface area contributed by atoms with Crippen LogP contribution in [0.5, 0.6) is 5.75 Å². The molecule has 1 aromatic rings. The summed E-state index contributed by atoms with van der Waals surface area (Å²) in [6, 6.07) is 4.96. The first-order valence-electron chi connectivity index (χ1n) is 13.7. The molecule has 0 amide bonds. The van der Waals surface area contributed by atoms with Gasteiger partial charge in [-0.1, -0.05) is 48.0 Å². The van der Waals surface area contributed by atoms with Gasteiger partial charge in [-0.25, -0.2) is 0 Å². The van der Waals surface area contributed by atoms with Crippen molar-refractivity contribution in [2.45, 2.75) is 102 Å². The highest BCUT2D eigenvalue weighted by Gasteiger charge is 2.28. The van der Waals surface area contributed by atoms with Gasteiger partial charge in [0.1, 0.15) is 5.75 Å². The summed E-state index contributed by atoms with van der Waals surface area (Å²) in [5.41, 5.74) is 1.79. The number of carbonyl (C=O) groups excluding carboxylic acids is 1. The zero-order valence-electron chi connectivity index (χ0n) is 23.4. The maximum Gasteiger partial charge on any atom is 0.325 e. The normalized spacial score (nSPS) is 18.9. The molecule has 0 bridgehead atoms. The first-order valence-corrected chi connectivity index (χ1v) is 15.9. The van der Waals surface area contributed by atoms with Crippen molar-refractivity contribution in [3.05, 3.63) is 23.3 Å². The number of phenolic OH excluding ortho intramolecular Hbond substituents is 1. The van der Waals surface area contributed by atoms with Gasteiger partial charge in [0.15, 0.2) is 0 Å². The van der Waals surface area contributed by atoms with E-state index in [0.29, 0.717) is 18.2 Å². The lowest BCUT2D eigenvalue weighted by Crippen LogP contribution is -2.47. The van der Waals surface area contributed by atoms with Crippen molar-refractivity contribution < 1.29 is 14.7 Å². The molecule has 0 saturated carbocycles. The standard InChI is InChI=1S/C29H48N2O3S2/c1-28(2,3)24-20-23(21-25(27(24)33)29(4,5)6)36-19-18-35-17-12-26(32)34-31-15-10-22(11-16-31)30-13-8-7-9-14-30/h20-22,33H,7-19H2,1-6H3. The van der Waals surface area contributed by atoms with E-state index in [1.807, 2.05) is 28.6 Å². The molecule has 0 aromatic heterocycles. The molecule has 7 heteroatoms. The van der Waals surface area contributed by atoms with Crippen molar-refractivity contribution in [3.8, 4) is 5.75 Å². The van der Waals surface area contributed by atoms with Crippen LogP contribution in [0.2, 0.25) is 0 Å². The number of carbonyl (C=O) groups is 1. The zero-order valence-corrected chi connectivity index (χ0v) is 25.0. The van der Waals surface area contributed by atoms with Crippen LogP contribution < -0.4 is 0 Å². The largest absolute Gasteiger partial charge is 0.507 e. The molecule has 1 aromatic carbocycles. The van der Waals surface area contributed by atoms with Gasteiger partial charge in [0.05, 0.1) is 6.42 Å². The van der Waals surface area contributed by atoms with Gasteiger partial charge in [-0.2, -0.15) is 11.8 Å². The second-order valence-electron chi connectivity index (χ2n) is 12.3. The quantitative estimate of drug-likeness (QED) is 0.281. The van der Waals surface area contributed by atoms with Crippen LogP contribution in [0.3, 0.4) is 0 Å². The molecule has 0 atom stereocenters. The average Bonchev–Trinajstić information content (AvgIpc) is 2.81. The number of nitrogens with zero attached hydrogens (tertiary/aromatic N) is 2. The van der Waals surface area contributed by atoms with E-state index >= 15 is 0 Å². The summed E-state index contributed by atoms with van der Waals surface area (Å²) in [6.07, 6.45) is 6.70. The Bertz CT molecular complexity index is 814. The topological polar surface area (TPSA) is 53.0 Å². The molecule has 2 heterocycles. The Hall–Kier alpha value is -0.890. The summed E-state index contributed by atoms with van der Waals surface area (Å²) in [7, 11) is 0. The monoisotopic (exact) mass is 536 g/mol. The van der Waals surface area contributed by atoms with Crippen LogP contribution in [-0.4, -0.2) is 70.5 Å². The third kappa shape index (κ3) is 8.85. The van der Waals surface area contributed by atoms with Crippen molar-refractivity contribution in [3.63, 3.8) is 0 Å². The van der Waals surface area contributed by atoms with E-state index in [9.17, 15) is 9.90 Å². The van der Waals surface area contributed by atoms with Gasteiger partial charge in [-0.15, -0.1) is 16.8 Å². The minimum Gasteiger partial charge on any atom is -0.507 e. The fraction of sp³-hybridized carbons (Fsp3) is 0.759. The molecule has 1 N–H and O–H groups in total. The van der Waals surface area contributed by atoms with E-state index in [-0.39, 0.29) is 16.8 Å². The number of rotatable bonds is 9. The zero-order chi connectivity index (χ0) is 26.3. The summed E-state index contributed by atoms with van der Waals surface area (Å²) in [4.78, 5) is 21.8. The molecule has 36 heavy (non-hydrogen) atoms. The highest BCUT2D eigenvalue weighted by atomic mass is 32.2. The van der Waals surface area contributed by atoms with Gasteiger partial charge < -0.3 is 14.8 Å². The van der Waals surface area contributed by atoms with Gasteiger partial charge in [-0.05, 0) is 61.7 Å². The van der Waals surface area contributed by atoms with Crippen LogP contribution in [0.25, 0.3) is 0 Å². The molecular weight excluding hydrogens is 488 g/mol. The van der Waals surface area contributed by atoms with Gasteiger partial charge in [0.25, 0.3) is 0 Å². The summed E-state index contributed by atoms with van der Waals surface area (Å²) in [5, 5.41) is 12.8. The number of hydrogen-bond acceptors (Lipinski definition) is 7. The lowest BCUT2D eigenvalue weighted by molar-refractivity contribution is -0.196. The van der Waals surface area contributed by atoms with Crippen molar-refractivity contribution in [2.75, 3.05) is 43.4 Å². The van der Waals surface area contributed by atoms with Crippen LogP contribution in [-0.2, 0) is 20.5 Å². The minimum atomic E-state index is -0.113. The molecule has 0 spiro atoms. The SMILES string of the molecule is CC(C)(C)c1cc(SCCSCCC(=O)ON2CCC(N3CCCCC3)CC2)cc(C(C)(C)C)c1O. The molecule has 5 nitrogen and oxygen atoms in total. The van der Waals surface area contributed by atoms with Crippen molar-refractivity contribution >= 4 is 29.5 Å². The Morgan fingerprint density at radius 3 is 2.06 bits per heavy atom. The third-order valence-electron chi connectivity index (χ3n) is 7.21. The Morgan fingerprint density at radius 1 is 0.917 bits per heavy atom. The Morgan fingerprint density at radius 2 is 1.50 bits per heavy atom. The van der Waals surface area contributed by atoms with E-state index in [2.05, 4.69) is 58.6 Å². The van der Waals surface area contributed by atoms with Gasteiger partial charge in [-0.3, -0.25) is 4.79 Å². The van der Waals surface area contributed by atoms with E-state index < -0.39 is 0 Å². The number of hydrogen-bond donors (Lipinski definition) is 1. The second-order valence-corrected chi connectivity index (χ2v) is 14.7. The summed E-state index contributed by atoms with van der Waals surface area (Å²) in [5.74, 6) is 3.08. The van der Waals surface area contributed by atoms with Crippen LogP contribution in [0.15, 0.2) is 17.0 Å². The summed E-state index contributed by atoms with van der Waals surface area (Å²) < 4.78 is 0. The first kappa shape index (κ1) is 29.7. The van der Waals surface area contributed by atoms with Gasteiger partial charge in [0, 0.05) is 52.4 Å². The van der Waals surface area contributed by atoms with E-state index in [4.69, 9.17) is 4.84 Å². The molecular formula is C29H48N2O3S2. The minimum absolute atomic E-state index is 0.102. The number of thioether (sulfide) groups is 2. The van der Waals surface area contributed by atoms with E-state index in [1.165, 1.54) is 37.2 Å². The molecule has 0 radical (unpaired) electrons. The van der Waals surface area contributed by atoms with Crippen LogP contribution in [0, 0.1) is 0 Å². The van der Waals surface area contributed by atoms with Crippen LogP contribution in [0.4, 0.5) is 0 Å². The third-order valence-corrected chi connectivity index (χ3v) is 9.43. The smallest absolute Gasteiger partial charge is 0.325 e. The molecule has 0 unspecified atom stereocenters. The van der Waals surface area contributed by atoms with Gasteiger partial charge >= 0.3 is 5.97 Å². The molecule has 204 valence electrons. The predicted molar refractivity (Wildman–Crippen MR) is 154 cm³/mol. The Labute approximate surface area is 228 Å². The van der Waals surface area contributed by atoms with Crippen molar-refractivity contribution in [1.82, 2.24) is 9.96 Å². The molecule has 2 saturated heterocycles. The molecule has 2 fully saturated rings. The predicted octanol–water partition coefficient (Wildman–Crippen LogP) is 6.61. The van der Waals surface area contributed by atoms with E-state index in [1.54, 1.807) is 0 Å². The molecule has 2 aliphatic rings.